The molecule has 1 amide bonds. The van der Waals surface area contributed by atoms with E-state index in [1.165, 1.54) is 0 Å². The highest BCUT2D eigenvalue weighted by atomic mass is 16.5. The molecule has 0 bridgehead atoms. The van der Waals surface area contributed by atoms with Crippen LogP contribution in [0, 0.1) is 16.7 Å². The van der Waals surface area contributed by atoms with Crippen LogP contribution < -0.4 is 5.32 Å². The van der Waals surface area contributed by atoms with Gasteiger partial charge in [0, 0.05) is 11.8 Å². The van der Waals surface area contributed by atoms with Crippen molar-refractivity contribution in [2.24, 2.45) is 16.7 Å². The maximum absolute atomic E-state index is 12.1. The number of nitrogens with one attached hydrogen (secondary N) is 1. The van der Waals surface area contributed by atoms with Crippen LogP contribution in [0.1, 0.15) is 53.4 Å². The molecule has 3 unspecified atom stereocenters. The van der Waals surface area contributed by atoms with Gasteiger partial charge < -0.3 is 10.1 Å². The minimum atomic E-state index is -0.457. The van der Waals surface area contributed by atoms with Crippen LogP contribution in [-0.4, -0.2) is 24.5 Å². The van der Waals surface area contributed by atoms with Crippen molar-refractivity contribution in [2.75, 3.05) is 6.61 Å². The molecule has 108 valence electrons. The Morgan fingerprint density at radius 2 is 2.11 bits per heavy atom. The third-order valence-corrected chi connectivity index (χ3v) is 4.44. The lowest BCUT2D eigenvalue weighted by Gasteiger charge is -2.47. The Morgan fingerprint density at radius 1 is 1.42 bits per heavy atom. The summed E-state index contributed by atoms with van der Waals surface area (Å²) in [7, 11) is 0. The summed E-state index contributed by atoms with van der Waals surface area (Å²) in [5, 5.41) is 2.84. The van der Waals surface area contributed by atoms with Gasteiger partial charge in [-0.25, -0.2) is 4.79 Å². The Hall–Kier alpha value is -1.06. The quantitative estimate of drug-likeness (QED) is 0.781. The number of amides is 1. The SMILES string of the molecule is CCOC(=O)C1NC(=O)CC12CC(C)CC(C)(C)C2. The van der Waals surface area contributed by atoms with E-state index in [2.05, 4.69) is 26.1 Å². The first-order chi connectivity index (χ1) is 8.78. The predicted octanol–water partition coefficient (Wildman–Crippen LogP) is 2.27. The van der Waals surface area contributed by atoms with E-state index in [0.29, 0.717) is 18.9 Å². The molecule has 0 radical (unpaired) electrons. The van der Waals surface area contributed by atoms with E-state index in [1.807, 2.05) is 0 Å². The van der Waals surface area contributed by atoms with Gasteiger partial charge in [0.15, 0.2) is 0 Å². The van der Waals surface area contributed by atoms with Crippen LogP contribution in [0.2, 0.25) is 0 Å². The Balaban J connectivity index is 2.28. The molecule has 1 heterocycles. The van der Waals surface area contributed by atoms with Gasteiger partial charge in [-0.1, -0.05) is 20.8 Å². The fourth-order valence-corrected chi connectivity index (χ4v) is 4.48. The van der Waals surface area contributed by atoms with Gasteiger partial charge in [-0.05, 0) is 37.5 Å². The van der Waals surface area contributed by atoms with E-state index < -0.39 is 6.04 Å². The summed E-state index contributed by atoms with van der Waals surface area (Å²) in [6, 6.07) is -0.457. The third-order valence-electron chi connectivity index (χ3n) is 4.44. The smallest absolute Gasteiger partial charge is 0.329 e. The Bertz CT molecular complexity index is 391. The molecule has 1 saturated carbocycles. The molecule has 4 heteroatoms. The van der Waals surface area contributed by atoms with Crippen molar-refractivity contribution in [3.63, 3.8) is 0 Å². The Kier molecular flexibility index (Phi) is 3.63. The van der Waals surface area contributed by atoms with Gasteiger partial charge in [-0.2, -0.15) is 0 Å². The molecular weight excluding hydrogens is 242 g/mol. The number of esters is 1. The molecule has 4 nitrogen and oxygen atoms in total. The molecule has 0 aromatic rings. The average Bonchev–Trinajstić information content (AvgIpc) is 2.51. The van der Waals surface area contributed by atoms with Crippen LogP contribution in [0.15, 0.2) is 0 Å². The highest BCUT2D eigenvalue weighted by Crippen LogP contribution is 2.54. The average molecular weight is 267 g/mol. The van der Waals surface area contributed by atoms with Crippen LogP contribution in [0.4, 0.5) is 0 Å². The number of hydrogen-bond donors (Lipinski definition) is 1. The first-order valence-corrected chi connectivity index (χ1v) is 7.24. The van der Waals surface area contributed by atoms with Gasteiger partial charge in [0.05, 0.1) is 6.61 Å². The summed E-state index contributed by atoms with van der Waals surface area (Å²) in [6.45, 7) is 8.84. The van der Waals surface area contributed by atoms with Gasteiger partial charge >= 0.3 is 5.97 Å². The zero-order valence-corrected chi connectivity index (χ0v) is 12.4. The van der Waals surface area contributed by atoms with Crippen LogP contribution in [0.3, 0.4) is 0 Å². The van der Waals surface area contributed by atoms with Gasteiger partial charge in [0.1, 0.15) is 6.04 Å². The molecule has 19 heavy (non-hydrogen) atoms. The maximum atomic E-state index is 12.1. The van der Waals surface area contributed by atoms with Crippen LogP contribution >= 0.6 is 0 Å². The highest BCUT2D eigenvalue weighted by Gasteiger charge is 2.55. The number of carbonyl (C=O) groups excluding carboxylic acids is 2. The number of carbonyl (C=O) groups is 2. The van der Waals surface area contributed by atoms with Crippen LogP contribution in [0.25, 0.3) is 0 Å². The van der Waals surface area contributed by atoms with E-state index >= 15 is 0 Å². The summed E-state index contributed by atoms with van der Waals surface area (Å²) in [5.74, 6) is 0.259. The third kappa shape index (κ3) is 2.77. The largest absolute Gasteiger partial charge is 0.464 e. The lowest BCUT2D eigenvalue weighted by molar-refractivity contribution is -0.150. The van der Waals surface area contributed by atoms with Crippen molar-refractivity contribution in [1.29, 1.82) is 0 Å². The Morgan fingerprint density at radius 3 is 2.68 bits per heavy atom. The monoisotopic (exact) mass is 267 g/mol. The molecule has 1 saturated heterocycles. The van der Waals surface area contributed by atoms with E-state index in [9.17, 15) is 9.59 Å². The summed E-state index contributed by atoms with van der Waals surface area (Å²) >= 11 is 0. The van der Waals surface area contributed by atoms with E-state index in [0.717, 1.165) is 19.3 Å². The van der Waals surface area contributed by atoms with Crippen LogP contribution in [0.5, 0.6) is 0 Å². The Labute approximate surface area is 115 Å². The van der Waals surface area contributed by atoms with E-state index in [1.54, 1.807) is 6.92 Å². The topological polar surface area (TPSA) is 55.4 Å². The minimum Gasteiger partial charge on any atom is -0.464 e. The lowest BCUT2D eigenvalue weighted by atomic mass is 9.57. The highest BCUT2D eigenvalue weighted by molar-refractivity contribution is 5.90. The molecule has 2 aliphatic rings. The molecular formula is C15H25NO3. The summed E-state index contributed by atoms with van der Waals surface area (Å²) in [5.41, 5.74) is -0.0702. The maximum Gasteiger partial charge on any atom is 0.329 e. The molecule has 2 rings (SSSR count). The lowest BCUT2D eigenvalue weighted by Crippen LogP contribution is -2.49. The molecule has 1 aliphatic heterocycles. The second-order valence-corrected chi connectivity index (χ2v) is 7.15. The molecule has 3 atom stereocenters. The molecule has 1 aliphatic carbocycles. The van der Waals surface area contributed by atoms with Gasteiger partial charge in [0.2, 0.25) is 5.91 Å². The second-order valence-electron chi connectivity index (χ2n) is 7.15. The first-order valence-electron chi connectivity index (χ1n) is 7.24. The van der Waals surface area contributed by atoms with Crippen molar-refractivity contribution < 1.29 is 14.3 Å². The number of rotatable bonds is 2. The summed E-state index contributed by atoms with van der Waals surface area (Å²) in [6.07, 6.45) is 3.45. The van der Waals surface area contributed by atoms with Crippen molar-refractivity contribution in [3.8, 4) is 0 Å². The van der Waals surface area contributed by atoms with E-state index in [4.69, 9.17) is 4.74 Å². The molecule has 1 spiro atoms. The van der Waals surface area contributed by atoms with Crippen molar-refractivity contribution in [1.82, 2.24) is 5.32 Å². The molecule has 2 fully saturated rings. The van der Waals surface area contributed by atoms with Crippen LogP contribution in [-0.2, 0) is 14.3 Å². The fraction of sp³-hybridized carbons (Fsp3) is 0.867. The predicted molar refractivity (Wildman–Crippen MR) is 72.4 cm³/mol. The first kappa shape index (κ1) is 14.4. The van der Waals surface area contributed by atoms with Gasteiger partial charge in [-0.15, -0.1) is 0 Å². The normalized spacial score (nSPS) is 37.2. The zero-order valence-electron chi connectivity index (χ0n) is 12.4. The zero-order chi connectivity index (χ0) is 14.3. The fourth-order valence-electron chi connectivity index (χ4n) is 4.48. The minimum absolute atomic E-state index is 0.0112. The number of hydrogen-bond acceptors (Lipinski definition) is 3. The van der Waals surface area contributed by atoms with Gasteiger partial charge in [-0.3, -0.25) is 4.79 Å². The van der Waals surface area contributed by atoms with Crippen molar-refractivity contribution in [2.45, 2.75) is 59.4 Å². The molecule has 0 aromatic carbocycles. The second kappa shape index (κ2) is 4.80. The standard InChI is InChI=1S/C15H25NO3/c1-5-19-13(18)12-15(8-11(17)16-12)7-10(2)6-14(3,4)9-15/h10,12H,5-9H2,1-4H3,(H,16,17). The van der Waals surface area contributed by atoms with Crippen molar-refractivity contribution in [3.05, 3.63) is 0 Å². The summed E-state index contributed by atoms with van der Waals surface area (Å²) < 4.78 is 5.15. The molecule has 1 N–H and O–H groups in total. The van der Waals surface area contributed by atoms with Crippen molar-refractivity contribution >= 4 is 11.9 Å². The number of ether oxygens (including phenoxy) is 1. The molecule has 0 aromatic heterocycles. The van der Waals surface area contributed by atoms with Gasteiger partial charge in [0.25, 0.3) is 0 Å². The summed E-state index contributed by atoms with van der Waals surface area (Å²) in [4.78, 5) is 24.0. The van der Waals surface area contributed by atoms with E-state index in [-0.39, 0.29) is 22.7 Å².